The molecule has 0 amide bonds. The maximum absolute atomic E-state index is 12.8. The van der Waals surface area contributed by atoms with Crippen molar-refractivity contribution in [2.24, 2.45) is 0 Å². The molecule has 26 heavy (non-hydrogen) atoms. The van der Waals surface area contributed by atoms with Gasteiger partial charge >= 0.3 is 0 Å². The summed E-state index contributed by atoms with van der Waals surface area (Å²) in [5, 5.41) is 21.1. The van der Waals surface area contributed by atoms with Crippen molar-refractivity contribution in [2.45, 2.75) is 34.6 Å². The lowest BCUT2D eigenvalue weighted by Crippen LogP contribution is -2.05. The molecule has 1 heterocycles. The third kappa shape index (κ3) is 2.68. The van der Waals surface area contributed by atoms with Gasteiger partial charge in [0.05, 0.1) is 10.9 Å². The number of phenolic OH excluding ortho intramolecular Hbond substituents is 1. The van der Waals surface area contributed by atoms with E-state index in [1.54, 1.807) is 0 Å². The molecule has 2 N–H and O–H groups in total. The van der Waals surface area contributed by atoms with E-state index in [1.807, 2.05) is 52.8 Å². The van der Waals surface area contributed by atoms with Gasteiger partial charge in [-0.05, 0) is 63.5 Å². The summed E-state index contributed by atoms with van der Waals surface area (Å²) < 4.78 is 6.05. The van der Waals surface area contributed by atoms with Crippen LogP contribution in [0.15, 0.2) is 39.6 Å². The Morgan fingerprint density at radius 2 is 1.69 bits per heavy atom. The molecule has 0 bridgehead atoms. The van der Waals surface area contributed by atoms with Crippen LogP contribution in [0.4, 0.5) is 0 Å². The predicted molar refractivity (Wildman–Crippen MR) is 105 cm³/mol. The number of hydrogen-bond acceptors (Lipinski definition) is 4. The van der Waals surface area contributed by atoms with Crippen molar-refractivity contribution in [2.75, 3.05) is 0 Å². The van der Waals surface area contributed by atoms with Gasteiger partial charge in [-0.15, -0.1) is 0 Å². The minimum absolute atomic E-state index is 0.0326. The van der Waals surface area contributed by atoms with Crippen LogP contribution in [-0.4, -0.2) is 10.2 Å². The molecule has 0 atom stereocenters. The number of benzene rings is 2. The first-order chi connectivity index (χ1) is 12.3. The highest BCUT2D eigenvalue weighted by Crippen LogP contribution is 2.39. The van der Waals surface area contributed by atoms with Crippen LogP contribution in [0.25, 0.3) is 27.9 Å². The Morgan fingerprint density at radius 1 is 1.08 bits per heavy atom. The lowest BCUT2D eigenvalue weighted by Gasteiger charge is -2.14. The van der Waals surface area contributed by atoms with E-state index in [4.69, 9.17) is 4.42 Å². The van der Waals surface area contributed by atoms with Crippen molar-refractivity contribution < 1.29 is 14.6 Å². The third-order valence-electron chi connectivity index (χ3n) is 4.75. The SMILES string of the molecule is C/C=C(/C)c1c(O)ccc2c(=O)c(O)c(-c3c(C)cc(C)cc3C)oc12. The predicted octanol–water partition coefficient (Wildman–Crippen LogP) is 5.22. The first kappa shape index (κ1) is 17.8. The van der Waals surface area contributed by atoms with Gasteiger partial charge in [0.15, 0.2) is 5.76 Å². The summed E-state index contributed by atoms with van der Waals surface area (Å²) in [6, 6.07) is 6.88. The maximum Gasteiger partial charge on any atom is 0.235 e. The highest BCUT2D eigenvalue weighted by atomic mass is 16.4. The second-order valence-electron chi connectivity index (χ2n) is 6.69. The number of fused-ring (bicyclic) bond motifs is 1. The van der Waals surface area contributed by atoms with E-state index in [2.05, 4.69) is 0 Å². The van der Waals surface area contributed by atoms with Gasteiger partial charge < -0.3 is 14.6 Å². The average Bonchev–Trinajstić information content (AvgIpc) is 2.57. The number of allylic oxidation sites excluding steroid dienone is 2. The van der Waals surface area contributed by atoms with E-state index in [9.17, 15) is 15.0 Å². The Morgan fingerprint density at radius 3 is 2.27 bits per heavy atom. The number of rotatable bonds is 2. The fourth-order valence-corrected chi connectivity index (χ4v) is 3.47. The second-order valence-corrected chi connectivity index (χ2v) is 6.69. The molecule has 0 radical (unpaired) electrons. The molecule has 0 aliphatic rings. The molecular weight excluding hydrogens is 328 g/mol. The molecule has 0 unspecified atom stereocenters. The van der Waals surface area contributed by atoms with E-state index in [0.29, 0.717) is 11.1 Å². The monoisotopic (exact) mass is 350 g/mol. The molecule has 0 aliphatic heterocycles. The van der Waals surface area contributed by atoms with Crippen LogP contribution in [0, 0.1) is 20.8 Å². The third-order valence-corrected chi connectivity index (χ3v) is 4.75. The Labute approximate surface area is 152 Å². The van der Waals surface area contributed by atoms with E-state index in [0.717, 1.165) is 22.3 Å². The minimum atomic E-state index is -0.509. The van der Waals surface area contributed by atoms with Crippen molar-refractivity contribution in [1.82, 2.24) is 0 Å². The number of aryl methyl sites for hydroxylation is 3. The van der Waals surface area contributed by atoms with E-state index in [1.165, 1.54) is 12.1 Å². The largest absolute Gasteiger partial charge is 0.507 e. The molecule has 0 aliphatic carbocycles. The molecule has 3 rings (SSSR count). The number of phenols is 1. The van der Waals surface area contributed by atoms with Crippen LogP contribution in [0.3, 0.4) is 0 Å². The zero-order valence-corrected chi connectivity index (χ0v) is 15.6. The van der Waals surface area contributed by atoms with E-state index in [-0.39, 0.29) is 22.5 Å². The van der Waals surface area contributed by atoms with Gasteiger partial charge in [0.1, 0.15) is 11.3 Å². The fourth-order valence-electron chi connectivity index (χ4n) is 3.47. The van der Waals surface area contributed by atoms with Gasteiger partial charge in [0.2, 0.25) is 11.2 Å². The van der Waals surface area contributed by atoms with E-state index >= 15 is 0 Å². The van der Waals surface area contributed by atoms with Crippen molar-refractivity contribution in [1.29, 1.82) is 0 Å². The van der Waals surface area contributed by atoms with Crippen LogP contribution in [-0.2, 0) is 0 Å². The van der Waals surface area contributed by atoms with Crippen molar-refractivity contribution in [3.63, 3.8) is 0 Å². The van der Waals surface area contributed by atoms with Gasteiger partial charge in [-0.25, -0.2) is 0 Å². The van der Waals surface area contributed by atoms with Crippen LogP contribution in [0.2, 0.25) is 0 Å². The summed E-state index contributed by atoms with van der Waals surface area (Å²) in [6.07, 6.45) is 1.84. The van der Waals surface area contributed by atoms with Crippen molar-refractivity contribution >= 4 is 16.5 Å². The lowest BCUT2D eigenvalue weighted by atomic mass is 9.96. The number of hydrogen-bond donors (Lipinski definition) is 2. The fraction of sp³-hybridized carbons (Fsp3) is 0.227. The van der Waals surface area contributed by atoms with Gasteiger partial charge in [-0.2, -0.15) is 0 Å². The summed E-state index contributed by atoms with van der Waals surface area (Å²) in [4.78, 5) is 12.8. The Bertz CT molecular complexity index is 1090. The van der Waals surface area contributed by atoms with Gasteiger partial charge in [0, 0.05) is 5.56 Å². The average molecular weight is 350 g/mol. The zero-order valence-electron chi connectivity index (χ0n) is 15.6. The van der Waals surface area contributed by atoms with Crippen molar-refractivity contribution in [3.05, 3.63) is 62.8 Å². The summed E-state index contributed by atoms with van der Waals surface area (Å²) in [5.41, 5.74) is 4.61. The molecule has 1 aromatic heterocycles. The van der Waals surface area contributed by atoms with Crippen LogP contribution in [0.5, 0.6) is 11.5 Å². The smallest absolute Gasteiger partial charge is 0.235 e. The van der Waals surface area contributed by atoms with Crippen LogP contribution >= 0.6 is 0 Å². The molecule has 2 aromatic carbocycles. The Kier molecular flexibility index (Phi) is 4.36. The molecule has 3 aromatic rings. The quantitative estimate of drug-likeness (QED) is 0.665. The standard InChI is InChI=1S/C22H22O4/c1-6-12(3)18-16(23)8-7-15-19(24)20(25)22(26-21(15)18)17-13(4)9-11(2)10-14(17)5/h6-10,23,25H,1-5H3/b12-6-. The topological polar surface area (TPSA) is 70.7 Å². The summed E-state index contributed by atoms with van der Waals surface area (Å²) >= 11 is 0. The molecule has 0 fully saturated rings. The van der Waals surface area contributed by atoms with Gasteiger partial charge in [0.25, 0.3) is 0 Å². The van der Waals surface area contributed by atoms with Gasteiger partial charge in [-0.1, -0.05) is 23.8 Å². The minimum Gasteiger partial charge on any atom is -0.507 e. The maximum atomic E-state index is 12.8. The first-order valence-corrected chi connectivity index (χ1v) is 8.49. The molecule has 134 valence electrons. The van der Waals surface area contributed by atoms with Gasteiger partial charge in [-0.3, -0.25) is 4.79 Å². The normalized spacial score (nSPS) is 12.0. The van der Waals surface area contributed by atoms with E-state index < -0.39 is 11.2 Å². The molecule has 4 heteroatoms. The number of aromatic hydroxyl groups is 2. The summed E-state index contributed by atoms with van der Waals surface area (Å²) in [7, 11) is 0. The summed E-state index contributed by atoms with van der Waals surface area (Å²) in [6.45, 7) is 9.51. The van der Waals surface area contributed by atoms with Crippen LogP contribution < -0.4 is 5.43 Å². The second kappa shape index (κ2) is 6.37. The Balaban J connectivity index is 2.50. The molecular formula is C22H22O4. The molecule has 0 spiro atoms. The first-order valence-electron chi connectivity index (χ1n) is 8.49. The highest BCUT2D eigenvalue weighted by molar-refractivity contribution is 5.94. The zero-order chi connectivity index (χ0) is 19.2. The highest BCUT2D eigenvalue weighted by Gasteiger charge is 2.22. The molecule has 0 saturated carbocycles. The lowest BCUT2D eigenvalue weighted by molar-refractivity contribution is 0.446. The van der Waals surface area contributed by atoms with Crippen molar-refractivity contribution in [3.8, 4) is 22.8 Å². The van der Waals surface area contributed by atoms with Crippen LogP contribution in [0.1, 0.15) is 36.1 Å². The summed E-state index contributed by atoms with van der Waals surface area (Å²) in [5.74, 6) is -0.249. The Hall–Kier alpha value is -3.01. The molecule has 4 nitrogen and oxygen atoms in total. The molecule has 0 saturated heterocycles.